The van der Waals surface area contributed by atoms with Gasteiger partial charge in [0.1, 0.15) is 0 Å². The summed E-state index contributed by atoms with van der Waals surface area (Å²) < 4.78 is 3.91. The van der Waals surface area contributed by atoms with Crippen LogP contribution in [0.25, 0.3) is 0 Å². The first-order chi connectivity index (χ1) is 3.91. The quantitative estimate of drug-likeness (QED) is 0.194. The molecule has 0 aromatic rings. The number of hydrogen-bond donors (Lipinski definition) is 3. The molecule has 0 aliphatic carbocycles. The van der Waals surface area contributed by atoms with Gasteiger partial charge in [-0.1, -0.05) is 0 Å². The molecule has 0 aliphatic heterocycles. The van der Waals surface area contributed by atoms with Crippen LogP contribution in [-0.2, 0) is 0 Å². The van der Waals surface area contributed by atoms with Gasteiger partial charge in [0.2, 0.25) is 0 Å². The zero-order valence-corrected chi connectivity index (χ0v) is 6.76. The van der Waals surface area contributed by atoms with E-state index in [2.05, 4.69) is 3.53 Å². The molecule has 0 saturated heterocycles. The maximum atomic E-state index is 8.29. The van der Waals surface area contributed by atoms with Gasteiger partial charge in [-0.15, -0.1) is 0 Å². The molecule has 0 amide bonds. The normalized spacial score (nSPS) is 10.2. The van der Waals surface area contributed by atoms with Gasteiger partial charge in [0.05, 0.1) is 0 Å². The predicted molar refractivity (Wildman–Crippen MR) is 27.0 cm³/mol. The molecule has 0 saturated carbocycles. The monoisotopic (exact) mass is 232 g/mol. The average Bonchev–Trinajstić information content (AvgIpc) is 1.81. The Morgan fingerprint density at radius 2 is 2.00 bits per heavy atom. The van der Waals surface area contributed by atoms with Gasteiger partial charge >= 0.3 is 59.4 Å². The fourth-order valence-corrected chi connectivity index (χ4v) is 1.46. The van der Waals surface area contributed by atoms with Gasteiger partial charge in [-0.25, -0.2) is 0 Å². The van der Waals surface area contributed by atoms with Gasteiger partial charge in [-0.2, -0.15) is 0 Å². The molecule has 0 spiro atoms. The Morgan fingerprint density at radius 3 is 2.50 bits per heavy atom. The summed E-state index contributed by atoms with van der Waals surface area (Å²) in [7, 11) is 0. The molecular weight excluding hydrogens is 221 g/mol. The van der Waals surface area contributed by atoms with Crippen molar-refractivity contribution in [3.05, 3.63) is 0 Å². The van der Waals surface area contributed by atoms with E-state index in [0.29, 0.717) is 6.54 Å². The van der Waals surface area contributed by atoms with Crippen LogP contribution in [0.1, 0.15) is 0 Å². The van der Waals surface area contributed by atoms with Crippen LogP contribution in [0.5, 0.6) is 0 Å². The number of halogens is 1. The Bertz CT molecular complexity index is 39.0. The second-order valence-corrected chi connectivity index (χ2v) is 3.76. The summed E-state index contributed by atoms with van der Waals surface area (Å²) in [5.74, 6) is 0. The van der Waals surface area contributed by atoms with Crippen LogP contribution >= 0.6 is 0 Å². The average molecular weight is 232 g/mol. The van der Waals surface area contributed by atoms with Crippen molar-refractivity contribution in [3.8, 4) is 0 Å². The molecule has 0 aliphatic rings. The standard InChI is InChI=1S/C4H11INO2/c7-3-1-5-6-2-4-8/h6-8H,1-4H2/q-1. The summed E-state index contributed by atoms with van der Waals surface area (Å²) in [6.45, 7) is 1.14. The Morgan fingerprint density at radius 1 is 1.25 bits per heavy atom. The Kier molecular flexibility index (Phi) is 8.19. The van der Waals surface area contributed by atoms with E-state index in [4.69, 9.17) is 10.2 Å². The van der Waals surface area contributed by atoms with Gasteiger partial charge in [-0.3, -0.25) is 0 Å². The Labute approximate surface area is 59.7 Å². The van der Waals surface area contributed by atoms with Crippen LogP contribution in [0.15, 0.2) is 0 Å². The van der Waals surface area contributed by atoms with Crippen LogP contribution in [0.4, 0.5) is 0 Å². The molecule has 0 bridgehead atoms. The second-order valence-electron chi connectivity index (χ2n) is 1.15. The molecule has 8 heavy (non-hydrogen) atoms. The van der Waals surface area contributed by atoms with Gasteiger partial charge in [0, 0.05) is 0 Å². The third kappa shape index (κ3) is 6.61. The van der Waals surface area contributed by atoms with Crippen molar-refractivity contribution >= 4 is 0 Å². The van der Waals surface area contributed by atoms with Crippen LogP contribution in [-0.4, -0.2) is 34.4 Å². The molecule has 0 radical (unpaired) electrons. The molecule has 3 N–H and O–H groups in total. The number of alkyl halides is 1. The van der Waals surface area contributed by atoms with Crippen LogP contribution in [0, 0.1) is 0 Å². The first-order valence-electron chi connectivity index (χ1n) is 2.44. The first-order valence-corrected chi connectivity index (χ1v) is 5.05. The first kappa shape index (κ1) is 8.61. The van der Waals surface area contributed by atoms with E-state index >= 15 is 0 Å². The molecule has 52 valence electrons. The molecule has 0 aromatic heterocycles. The second kappa shape index (κ2) is 7.61. The van der Waals surface area contributed by atoms with Crippen molar-refractivity contribution in [3.63, 3.8) is 0 Å². The fourth-order valence-electron chi connectivity index (χ4n) is 0.218. The van der Waals surface area contributed by atoms with E-state index in [0.717, 1.165) is 4.43 Å². The molecule has 4 heteroatoms. The van der Waals surface area contributed by atoms with Crippen molar-refractivity contribution < 1.29 is 31.7 Å². The zero-order valence-electron chi connectivity index (χ0n) is 4.60. The molecule has 0 aromatic carbocycles. The fraction of sp³-hybridized carbons (Fsp3) is 1.00. The zero-order chi connectivity index (χ0) is 6.24. The summed E-state index contributed by atoms with van der Waals surface area (Å²) in [5, 5.41) is 16.5. The van der Waals surface area contributed by atoms with E-state index in [1.54, 1.807) is 0 Å². The van der Waals surface area contributed by atoms with E-state index in [1.165, 1.54) is 0 Å². The van der Waals surface area contributed by atoms with Crippen molar-refractivity contribution in [1.29, 1.82) is 0 Å². The minimum atomic E-state index is -0.0416. The van der Waals surface area contributed by atoms with Crippen molar-refractivity contribution in [2.24, 2.45) is 0 Å². The van der Waals surface area contributed by atoms with Gasteiger partial charge < -0.3 is 0 Å². The number of aliphatic hydroxyl groups is 2. The van der Waals surface area contributed by atoms with E-state index < -0.39 is 0 Å². The van der Waals surface area contributed by atoms with Crippen molar-refractivity contribution in [2.75, 3.05) is 24.2 Å². The SMILES string of the molecule is OCCN[I-]CCO. The third-order valence-electron chi connectivity index (χ3n) is 0.480. The Balaban J connectivity index is 2.53. The topological polar surface area (TPSA) is 52.5 Å². The van der Waals surface area contributed by atoms with E-state index in [-0.39, 0.29) is 34.7 Å². The van der Waals surface area contributed by atoms with Gasteiger partial charge in [0.15, 0.2) is 0 Å². The molecule has 0 unspecified atom stereocenters. The van der Waals surface area contributed by atoms with Crippen LogP contribution in [0.3, 0.4) is 0 Å². The summed E-state index contributed by atoms with van der Waals surface area (Å²) in [6, 6.07) is 0. The van der Waals surface area contributed by atoms with E-state index in [9.17, 15) is 0 Å². The number of aliphatic hydroxyl groups excluding tert-OH is 2. The third-order valence-corrected chi connectivity index (χ3v) is 2.58. The van der Waals surface area contributed by atoms with Gasteiger partial charge in [-0.05, 0) is 0 Å². The maximum absolute atomic E-state index is 8.29. The summed E-state index contributed by atoms with van der Waals surface area (Å²) >= 11 is -0.0416. The van der Waals surface area contributed by atoms with Crippen molar-refractivity contribution in [2.45, 2.75) is 0 Å². The van der Waals surface area contributed by atoms with Crippen LogP contribution in [0.2, 0.25) is 0 Å². The molecular formula is C4H11INO2-. The number of nitrogens with one attached hydrogen (secondary N) is 1. The van der Waals surface area contributed by atoms with E-state index in [1.807, 2.05) is 0 Å². The molecule has 0 heterocycles. The summed E-state index contributed by atoms with van der Waals surface area (Å²) in [4.78, 5) is 0. The number of hydrogen-bond acceptors (Lipinski definition) is 3. The Hall–Kier alpha value is 0.610. The molecule has 0 atom stereocenters. The van der Waals surface area contributed by atoms with Gasteiger partial charge in [0.25, 0.3) is 0 Å². The van der Waals surface area contributed by atoms with Crippen molar-refractivity contribution in [1.82, 2.24) is 3.53 Å². The predicted octanol–water partition coefficient (Wildman–Crippen LogP) is -4.44. The summed E-state index contributed by atoms with van der Waals surface area (Å²) in [5.41, 5.74) is 0. The molecule has 0 fully saturated rings. The minimum absolute atomic E-state index is 0.0416. The molecule has 3 nitrogen and oxygen atoms in total. The number of rotatable bonds is 5. The van der Waals surface area contributed by atoms with Crippen LogP contribution < -0.4 is 25.0 Å². The molecule has 0 rings (SSSR count). The summed E-state index contributed by atoms with van der Waals surface area (Å²) in [6.07, 6.45) is 0.